The molecule has 1 N–H and O–H groups in total. The monoisotopic (exact) mass is 575 g/mol. The first-order valence-corrected chi connectivity index (χ1v) is 15.1. The molecule has 0 aromatic heterocycles. The molecule has 2 fully saturated rings. The molecule has 10 nitrogen and oxygen atoms in total. The summed E-state index contributed by atoms with van der Waals surface area (Å²) < 4.78 is 41.3. The molecule has 0 unspecified atom stereocenters. The summed E-state index contributed by atoms with van der Waals surface area (Å²) in [6.07, 6.45) is -0.527. The largest absolute Gasteiger partial charge is 0.497 e. The molecule has 4 rings (SSSR count). The molecule has 2 aliphatic rings. The summed E-state index contributed by atoms with van der Waals surface area (Å²) in [5.74, 6) is 0.350. The third kappa shape index (κ3) is 7.04. The van der Waals surface area contributed by atoms with Crippen LogP contribution in [-0.4, -0.2) is 74.2 Å². The standard InChI is InChI=1S/C27H33N3O7S2/c1-27(2,3)37-26(32)28-19(13-17-9-7-6-8-10-17)24(31)29-25-30(21-15-39(33,34)16-23(21)38-25)20-12-11-18(35-4)14-22(20)36-5/h6-12,14,19,21,23H,13,15-16H2,1-5H3,(H,28,32)/t19-,21-,23-/m0/s1. The summed E-state index contributed by atoms with van der Waals surface area (Å²) in [7, 11) is -0.218. The van der Waals surface area contributed by atoms with Crippen LogP contribution >= 0.6 is 11.8 Å². The van der Waals surface area contributed by atoms with E-state index in [4.69, 9.17) is 14.2 Å². The summed E-state index contributed by atoms with van der Waals surface area (Å²) in [5, 5.41) is 2.71. The summed E-state index contributed by atoms with van der Waals surface area (Å²) in [6.45, 7) is 5.22. The van der Waals surface area contributed by atoms with Crippen LogP contribution in [-0.2, 0) is 25.8 Å². The molecular formula is C27H33N3O7S2. The number of aliphatic imine (C=N–C) groups is 1. The Bertz CT molecular complexity index is 1360. The molecule has 2 aromatic carbocycles. The second kappa shape index (κ2) is 11.5. The second-order valence-corrected chi connectivity index (χ2v) is 13.7. The number of carbonyl (C=O) groups excluding carboxylic acids is 2. The van der Waals surface area contributed by atoms with Crippen LogP contribution in [0, 0.1) is 0 Å². The van der Waals surface area contributed by atoms with Gasteiger partial charge in [0, 0.05) is 17.7 Å². The number of nitrogens with zero attached hydrogens (tertiary/aromatic N) is 2. The van der Waals surface area contributed by atoms with E-state index in [0.29, 0.717) is 22.4 Å². The van der Waals surface area contributed by atoms with Crippen LogP contribution < -0.4 is 19.7 Å². The lowest BCUT2D eigenvalue weighted by atomic mass is 10.1. The van der Waals surface area contributed by atoms with Crippen molar-refractivity contribution in [3.8, 4) is 11.5 Å². The summed E-state index contributed by atoms with van der Waals surface area (Å²) in [5.41, 5.74) is 0.659. The molecule has 0 bridgehead atoms. The molecule has 0 saturated carbocycles. The predicted octanol–water partition coefficient (Wildman–Crippen LogP) is 3.44. The molecule has 2 saturated heterocycles. The lowest BCUT2D eigenvalue weighted by molar-refractivity contribution is -0.119. The molecule has 0 radical (unpaired) electrons. The van der Waals surface area contributed by atoms with Crippen molar-refractivity contribution in [3.63, 3.8) is 0 Å². The van der Waals surface area contributed by atoms with E-state index >= 15 is 0 Å². The van der Waals surface area contributed by atoms with Crippen molar-refractivity contribution in [2.24, 2.45) is 4.99 Å². The Balaban J connectivity index is 1.70. The third-order valence-electron chi connectivity index (χ3n) is 6.19. The van der Waals surface area contributed by atoms with Crippen molar-refractivity contribution >= 4 is 44.5 Å². The van der Waals surface area contributed by atoms with Crippen molar-refractivity contribution < 1.29 is 32.2 Å². The smallest absolute Gasteiger partial charge is 0.408 e. The quantitative estimate of drug-likeness (QED) is 0.529. The van der Waals surface area contributed by atoms with Gasteiger partial charge in [0.15, 0.2) is 15.0 Å². The van der Waals surface area contributed by atoms with Gasteiger partial charge in [0.1, 0.15) is 23.1 Å². The number of carbonyl (C=O) groups is 2. The summed E-state index contributed by atoms with van der Waals surface area (Å²) in [4.78, 5) is 32.4. The molecule has 3 atom stereocenters. The fourth-order valence-electron chi connectivity index (χ4n) is 4.50. The van der Waals surface area contributed by atoms with Crippen molar-refractivity contribution in [3.05, 3.63) is 54.1 Å². The minimum absolute atomic E-state index is 0.0197. The van der Waals surface area contributed by atoms with Gasteiger partial charge in [-0.25, -0.2) is 13.2 Å². The zero-order valence-corrected chi connectivity index (χ0v) is 24.2. The Morgan fingerprint density at radius 2 is 1.82 bits per heavy atom. The highest BCUT2D eigenvalue weighted by atomic mass is 32.2. The van der Waals surface area contributed by atoms with Crippen molar-refractivity contribution in [2.75, 3.05) is 30.6 Å². The maximum absolute atomic E-state index is 13.6. The van der Waals surface area contributed by atoms with E-state index in [9.17, 15) is 18.0 Å². The summed E-state index contributed by atoms with van der Waals surface area (Å²) >= 11 is 1.24. The highest BCUT2D eigenvalue weighted by Crippen LogP contribution is 2.44. The maximum atomic E-state index is 13.6. The first kappa shape index (κ1) is 28.8. The number of amidine groups is 1. The SMILES string of the molecule is COc1ccc(N2C(=NC(=O)[C@H](Cc3ccccc3)NC(=O)OC(C)(C)C)S[C@H]3CS(=O)(=O)C[C@@H]32)c(OC)c1. The number of sulfone groups is 1. The lowest BCUT2D eigenvalue weighted by Gasteiger charge is -2.27. The Morgan fingerprint density at radius 1 is 1.10 bits per heavy atom. The minimum Gasteiger partial charge on any atom is -0.497 e. The Hall–Kier alpha value is -3.25. The molecule has 2 aliphatic heterocycles. The van der Waals surface area contributed by atoms with Crippen molar-refractivity contribution in [1.82, 2.24) is 5.32 Å². The zero-order valence-electron chi connectivity index (χ0n) is 22.5. The maximum Gasteiger partial charge on any atom is 0.408 e. The van der Waals surface area contributed by atoms with Crippen molar-refractivity contribution in [1.29, 1.82) is 0 Å². The van der Waals surface area contributed by atoms with Crippen LogP contribution in [0.3, 0.4) is 0 Å². The first-order chi connectivity index (χ1) is 18.4. The van der Waals surface area contributed by atoms with Crippen LogP contribution in [0.4, 0.5) is 10.5 Å². The number of methoxy groups -OCH3 is 2. The number of anilines is 1. The molecule has 210 valence electrons. The summed E-state index contributed by atoms with van der Waals surface area (Å²) in [6, 6.07) is 13.0. The zero-order chi connectivity index (χ0) is 28.4. The highest BCUT2D eigenvalue weighted by molar-refractivity contribution is 8.16. The molecule has 12 heteroatoms. The highest BCUT2D eigenvalue weighted by Gasteiger charge is 2.50. The van der Waals surface area contributed by atoms with E-state index in [1.807, 2.05) is 30.3 Å². The average molecular weight is 576 g/mol. The van der Waals surface area contributed by atoms with E-state index in [0.717, 1.165) is 5.56 Å². The predicted molar refractivity (Wildman–Crippen MR) is 152 cm³/mol. The number of rotatable bonds is 7. The van der Waals surface area contributed by atoms with E-state index in [-0.39, 0.29) is 23.2 Å². The van der Waals surface area contributed by atoms with E-state index in [2.05, 4.69) is 10.3 Å². The number of fused-ring (bicyclic) bond motifs is 1. The van der Waals surface area contributed by atoms with Gasteiger partial charge in [0.25, 0.3) is 5.91 Å². The fraction of sp³-hybridized carbons (Fsp3) is 0.444. The lowest BCUT2D eigenvalue weighted by Crippen LogP contribution is -2.45. The van der Waals surface area contributed by atoms with Crippen molar-refractivity contribution in [2.45, 2.75) is 50.1 Å². The number of hydrogen-bond donors (Lipinski definition) is 1. The van der Waals surface area contributed by atoms with Gasteiger partial charge in [-0.2, -0.15) is 4.99 Å². The molecule has 39 heavy (non-hydrogen) atoms. The second-order valence-electron chi connectivity index (χ2n) is 10.3. The van der Waals surface area contributed by atoms with Gasteiger partial charge in [-0.1, -0.05) is 42.1 Å². The molecule has 2 heterocycles. The number of ether oxygens (including phenoxy) is 3. The first-order valence-electron chi connectivity index (χ1n) is 12.4. The van der Waals surface area contributed by atoms with Crippen LogP contribution in [0.5, 0.6) is 11.5 Å². The number of hydrogen-bond acceptors (Lipinski definition) is 8. The van der Waals surface area contributed by atoms with E-state index in [1.54, 1.807) is 43.9 Å². The van der Waals surface area contributed by atoms with Gasteiger partial charge in [0.05, 0.1) is 37.5 Å². The molecule has 0 spiro atoms. The number of amides is 2. The van der Waals surface area contributed by atoms with Gasteiger partial charge in [-0.05, 0) is 38.5 Å². The third-order valence-corrected chi connectivity index (χ3v) is 9.40. The molecule has 2 amide bonds. The average Bonchev–Trinajstić information content (AvgIpc) is 3.33. The number of alkyl carbamates (subject to hydrolysis) is 1. The topological polar surface area (TPSA) is 124 Å². The van der Waals surface area contributed by atoms with E-state index < -0.39 is 39.5 Å². The van der Waals surface area contributed by atoms with Gasteiger partial charge in [-0.3, -0.25) is 4.79 Å². The van der Waals surface area contributed by atoms with Gasteiger partial charge >= 0.3 is 6.09 Å². The Kier molecular flexibility index (Phi) is 8.45. The van der Waals surface area contributed by atoms with Crippen LogP contribution in [0.25, 0.3) is 0 Å². The van der Waals surface area contributed by atoms with Gasteiger partial charge in [-0.15, -0.1) is 0 Å². The van der Waals surface area contributed by atoms with Crippen LogP contribution in [0.1, 0.15) is 26.3 Å². The Morgan fingerprint density at radius 3 is 2.46 bits per heavy atom. The molecule has 2 aromatic rings. The molecular weight excluding hydrogens is 542 g/mol. The Labute approximate surface area is 233 Å². The normalized spacial score (nSPS) is 21.8. The number of nitrogens with one attached hydrogen (secondary N) is 1. The van der Waals surface area contributed by atoms with E-state index in [1.165, 1.54) is 26.0 Å². The minimum atomic E-state index is -3.26. The molecule has 0 aliphatic carbocycles. The number of thioether (sulfide) groups is 1. The fourth-order valence-corrected chi connectivity index (χ4v) is 8.41. The van der Waals surface area contributed by atoms with Crippen LogP contribution in [0.2, 0.25) is 0 Å². The number of benzene rings is 2. The van der Waals surface area contributed by atoms with Crippen LogP contribution in [0.15, 0.2) is 53.5 Å². The van der Waals surface area contributed by atoms with Gasteiger partial charge < -0.3 is 24.4 Å². The van der Waals surface area contributed by atoms with Gasteiger partial charge in [0.2, 0.25) is 0 Å².